The molecular formula is C13H13FO3. The Hall–Kier alpha value is -1.71. The Bertz CT molecular complexity index is 489. The second-order valence-electron chi connectivity index (χ2n) is 4.37. The smallest absolute Gasteiger partial charge is 0.319 e. The van der Waals surface area contributed by atoms with Crippen molar-refractivity contribution in [3.8, 4) is 0 Å². The normalized spacial score (nSPS) is 16.4. The van der Waals surface area contributed by atoms with Crippen molar-refractivity contribution in [2.24, 2.45) is 5.41 Å². The number of halogens is 1. The van der Waals surface area contributed by atoms with Gasteiger partial charge in [0.2, 0.25) is 0 Å². The third-order valence-electron chi connectivity index (χ3n) is 3.18. The molecule has 0 unspecified atom stereocenters. The molecule has 0 atom stereocenters. The molecule has 0 saturated heterocycles. The number of carbonyl (C=O) groups is 2. The zero-order valence-electron chi connectivity index (χ0n) is 9.75. The van der Waals surface area contributed by atoms with E-state index in [1.165, 1.54) is 25.3 Å². The molecule has 2 rings (SSSR count). The highest BCUT2D eigenvalue weighted by Gasteiger charge is 2.57. The predicted molar refractivity (Wildman–Crippen MR) is 59.2 cm³/mol. The predicted octanol–water partition coefficient (Wildman–Crippen LogP) is 2.27. The number of hydrogen-bond donors (Lipinski definition) is 0. The van der Waals surface area contributed by atoms with Gasteiger partial charge in [0, 0.05) is 5.56 Å². The molecule has 1 aliphatic rings. The van der Waals surface area contributed by atoms with Gasteiger partial charge < -0.3 is 4.74 Å². The number of carbonyl (C=O) groups excluding carboxylic acids is 2. The second kappa shape index (κ2) is 3.95. The summed E-state index contributed by atoms with van der Waals surface area (Å²) >= 11 is 0. The van der Waals surface area contributed by atoms with Crippen molar-refractivity contribution in [1.82, 2.24) is 0 Å². The molecule has 0 aromatic heterocycles. The zero-order chi connectivity index (χ0) is 12.6. The first kappa shape index (κ1) is 11.8. The van der Waals surface area contributed by atoms with Gasteiger partial charge in [0.05, 0.1) is 7.11 Å². The van der Waals surface area contributed by atoms with Crippen LogP contribution in [0.25, 0.3) is 0 Å². The lowest BCUT2D eigenvalue weighted by Gasteiger charge is -2.11. The molecule has 0 amide bonds. The Morgan fingerprint density at radius 3 is 2.47 bits per heavy atom. The monoisotopic (exact) mass is 236 g/mol. The highest BCUT2D eigenvalue weighted by atomic mass is 19.1. The minimum atomic E-state index is -1.01. The van der Waals surface area contributed by atoms with Gasteiger partial charge in [-0.1, -0.05) is 0 Å². The van der Waals surface area contributed by atoms with Crippen LogP contribution in [0.2, 0.25) is 0 Å². The van der Waals surface area contributed by atoms with Crippen LogP contribution in [0.1, 0.15) is 28.8 Å². The molecule has 1 aromatic rings. The van der Waals surface area contributed by atoms with Crippen LogP contribution in [0.15, 0.2) is 18.2 Å². The molecule has 0 spiro atoms. The molecule has 0 N–H and O–H groups in total. The minimum absolute atomic E-state index is 0.271. The highest BCUT2D eigenvalue weighted by molar-refractivity contribution is 6.14. The molecule has 4 heteroatoms. The summed E-state index contributed by atoms with van der Waals surface area (Å²) in [4.78, 5) is 23.7. The summed E-state index contributed by atoms with van der Waals surface area (Å²) in [7, 11) is 1.27. The van der Waals surface area contributed by atoms with Gasteiger partial charge in [0.1, 0.15) is 11.2 Å². The van der Waals surface area contributed by atoms with E-state index >= 15 is 0 Å². The number of ether oxygens (including phenoxy) is 1. The molecular weight excluding hydrogens is 223 g/mol. The maximum Gasteiger partial charge on any atom is 0.319 e. The van der Waals surface area contributed by atoms with Crippen LogP contribution in [0.5, 0.6) is 0 Å². The SMILES string of the molecule is COC(=O)C1(C(=O)c2ccc(F)c(C)c2)CC1. The summed E-state index contributed by atoms with van der Waals surface area (Å²) in [6.07, 6.45) is 1.02. The molecule has 3 nitrogen and oxygen atoms in total. The largest absolute Gasteiger partial charge is 0.468 e. The fourth-order valence-corrected chi connectivity index (χ4v) is 1.91. The summed E-state index contributed by atoms with van der Waals surface area (Å²) in [6, 6.07) is 4.13. The zero-order valence-corrected chi connectivity index (χ0v) is 9.75. The summed E-state index contributed by atoms with van der Waals surface area (Å²) in [5.41, 5.74) is -0.248. The van der Waals surface area contributed by atoms with E-state index in [9.17, 15) is 14.0 Å². The molecule has 0 aliphatic heterocycles. The van der Waals surface area contributed by atoms with Gasteiger partial charge in [-0.05, 0) is 43.5 Å². The van der Waals surface area contributed by atoms with E-state index in [4.69, 9.17) is 0 Å². The molecule has 0 heterocycles. The minimum Gasteiger partial charge on any atom is -0.468 e. The first-order valence-corrected chi connectivity index (χ1v) is 5.40. The van der Waals surface area contributed by atoms with Crippen LogP contribution in [-0.2, 0) is 9.53 Å². The maximum absolute atomic E-state index is 13.1. The molecule has 90 valence electrons. The van der Waals surface area contributed by atoms with Crippen LogP contribution in [0.4, 0.5) is 4.39 Å². The number of methoxy groups -OCH3 is 1. The van der Waals surface area contributed by atoms with E-state index in [0.29, 0.717) is 24.0 Å². The van der Waals surface area contributed by atoms with Crippen molar-refractivity contribution < 1.29 is 18.7 Å². The highest BCUT2D eigenvalue weighted by Crippen LogP contribution is 2.49. The summed E-state index contributed by atoms with van der Waals surface area (Å²) in [5, 5.41) is 0. The maximum atomic E-state index is 13.1. The van der Waals surface area contributed by atoms with Crippen LogP contribution in [0, 0.1) is 18.2 Å². The molecule has 1 fully saturated rings. The van der Waals surface area contributed by atoms with E-state index in [1.54, 1.807) is 6.92 Å². The molecule has 0 bridgehead atoms. The van der Waals surface area contributed by atoms with Gasteiger partial charge in [0.25, 0.3) is 0 Å². The summed E-state index contributed by atoms with van der Waals surface area (Å²) in [6.45, 7) is 1.59. The van der Waals surface area contributed by atoms with Gasteiger partial charge in [0.15, 0.2) is 5.78 Å². The Balaban J connectivity index is 2.32. The quantitative estimate of drug-likeness (QED) is 0.459. The van der Waals surface area contributed by atoms with E-state index < -0.39 is 11.4 Å². The van der Waals surface area contributed by atoms with Gasteiger partial charge in [-0.25, -0.2) is 4.39 Å². The average Bonchev–Trinajstić information content (AvgIpc) is 3.12. The van der Waals surface area contributed by atoms with Gasteiger partial charge in [-0.2, -0.15) is 0 Å². The van der Waals surface area contributed by atoms with Crippen molar-refractivity contribution in [3.05, 3.63) is 35.1 Å². The lowest BCUT2D eigenvalue weighted by atomic mass is 9.94. The lowest BCUT2D eigenvalue weighted by Crippen LogP contribution is -2.27. The summed E-state index contributed by atoms with van der Waals surface area (Å²) < 4.78 is 17.7. The third kappa shape index (κ3) is 1.84. The molecule has 1 saturated carbocycles. The standard InChI is InChI=1S/C13H13FO3/c1-8-7-9(3-4-10(8)14)11(15)13(5-6-13)12(16)17-2/h3-4,7H,5-6H2,1-2H3. The summed E-state index contributed by atoms with van der Waals surface area (Å²) in [5.74, 6) is -1.12. The number of benzene rings is 1. The van der Waals surface area contributed by atoms with Crippen molar-refractivity contribution in [2.75, 3.05) is 7.11 Å². The number of hydrogen-bond acceptors (Lipinski definition) is 3. The number of Topliss-reactive ketones (excluding diaryl/α,β-unsaturated/α-hetero) is 1. The average molecular weight is 236 g/mol. The van der Waals surface area contributed by atoms with Crippen LogP contribution in [-0.4, -0.2) is 18.9 Å². The van der Waals surface area contributed by atoms with E-state index in [2.05, 4.69) is 4.74 Å². The fraction of sp³-hybridized carbons (Fsp3) is 0.385. The Kier molecular flexibility index (Phi) is 2.73. The number of ketones is 1. The Morgan fingerprint density at radius 1 is 1.35 bits per heavy atom. The van der Waals surface area contributed by atoms with Crippen LogP contribution >= 0.6 is 0 Å². The molecule has 0 radical (unpaired) electrons. The van der Waals surface area contributed by atoms with Crippen molar-refractivity contribution in [2.45, 2.75) is 19.8 Å². The molecule has 1 aromatic carbocycles. The van der Waals surface area contributed by atoms with Gasteiger partial charge in [-0.3, -0.25) is 9.59 Å². The lowest BCUT2D eigenvalue weighted by molar-refractivity contribution is -0.145. The van der Waals surface area contributed by atoms with Crippen LogP contribution < -0.4 is 0 Å². The molecule has 1 aliphatic carbocycles. The first-order valence-electron chi connectivity index (χ1n) is 5.40. The fourth-order valence-electron chi connectivity index (χ4n) is 1.91. The topological polar surface area (TPSA) is 43.4 Å². The number of rotatable bonds is 3. The van der Waals surface area contributed by atoms with E-state index in [-0.39, 0.29) is 11.6 Å². The van der Waals surface area contributed by atoms with Gasteiger partial charge >= 0.3 is 5.97 Å². The van der Waals surface area contributed by atoms with Crippen molar-refractivity contribution >= 4 is 11.8 Å². The van der Waals surface area contributed by atoms with Crippen LogP contribution in [0.3, 0.4) is 0 Å². The van der Waals surface area contributed by atoms with Crippen molar-refractivity contribution in [3.63, 3.8) is 0 Å². The molecule has 17 heavy (non-hydrogen) atoms. The third-order valence-corrected chi connectivity index (χ3v) is 3.18. The Morgan fingerprint density at radius 2 is 2.00 bits per heavy atom. The van der Waals surface area contributed by atoms with Gasteiger partial charge in [-0.15, -0.1) is 0 Å². The first-order chi connectivity index (χ1) is 8.01. The number of aryl methyl sites for hydroxylation is 1. The van der Waals surface area contributed by atoms with E-state index in [1.807, 2.05) is 0 Å². The Labute approximate surface area is 98.6 Å². The number of esters is 1. The van der Waals surface area contributed by atoms with E-state index in [0.717, 1.165) is 0 Å². The van der Waals surface area contributed by atoms with Crippen molar-refractivity contribution in [1.29, 1.82) is 0 Å². The second-order valence-corrected chi connectivity index (χ2v) is 4.37.